The third kappa shape index (κ3) is 7.19. The van der Waals surface area contributed by atoms with Crippen molar-refractivity contribution in [1.82, 2.24) is 0 Å². The molecule has 296 valence electrons. The minimum atomic E-state index is -0.769. The van der Waals surface area contributed by atoms with Crippen molar-refractivity contribution in [2.75, 3.05) is 0 Å². The molecule has 0 aliphatic heterocycles. The number of fused-ring (bicyclic) bond motifs is 2. The number of ketones is 4. The molecule has 0 amide bonds. The molecule has 0 unspecified atom stereocenters. The first kappa shape index (κ1) is 40.5. The average molecular weight is 795 g/mol. The molecule has 0 heterocycles. The lowest BCUT2D eigenvalue weighted by Crippen LogP contribution is -2.24. The van der Waals surface area contributed by atoms with Gasteiger partial charge < -0.3 is 0 Å². The molecule has 2 aliphatic carbocycles. The maximum atomic E-state index is 13.6. The van der Waals surface area contributed by atoms with Crippen molar-refractivity contribution in [3.63, 3.8) is 0 Å². The van der Waals surface area contributed by atoms with E-state index in [2.05, 4.69) is 0 Å². The topological polar surface area (TPSA) is 155 Å². The highest BCUT2D eigenvalue weighted by Gasteiger charge is 2.45. The van der Waals surface area contributed by atoms with Crippen LogP contribution in [-0.2, 0) is 20.4 Å². The van der Waals surface area contributed by atoms with E-state index in [-0.39, 0.29) is 45.7 Å². The van der Waals surface area contributed by atoms with Gasteiger partial charge in [-0.2, -0.15) is 0 Å². The SMILES string of the molecule is CC1(C)C(=O)/C(=C(\C(=O)c2ccccc2)c2ccc([N+](=O)[O-])cc2)c2ccccc21.CC1(C)C(=O)/C(=C(\C(=O)c2ccccc2)c2ccc([N+](=O)[O-])cc2)c2ccccc21. The summed E-state index contributed by atoms with van der Waals surface area (Å²) >= 11 is 0. The van der Waals surface area contributed by atoms with E-state index in [0.29, 0.717) is 33.4 Å². The van der Waals surface area contributed by atoms with E-state index < -0.39 is 20.7 Å². The summed E-state index contributed by atoms with van der Waals surface area (Å²) in [5.41, 5.74) is 4.60. The summed E-state index contributed by atoms with van der Waals surface area (Å²) in [4.78, 5) is 75.3. The first-order valence-electron chi connectivity index (χ1n) is 19.1. The molecule has 0 saturated heterocycles. The van der Waals surface area contributed by atoms with Gasteiger partial charge in [0.15, 0.2) is 23.1 Å². The van der Waals surface area contributed by atoms with Crippen molar-refractivity contribution >= 4 is 56.8 Å². The van der Waals surface area contributed by atoms with Crippen LogP contribution in [0.4, 0.5) is 11.4 Å². The van der Waals surface area contributed by atoms with Crippen molar-refractivity contribution in [2.45, 2.75) is 38.5 Å². The van der Waals surface area contributed by atoms with Gasteiger partial charge >= 0.3 is 0 Å². The maximum Gasteiger partial charge on any atom is 0.269 e. The van der Waals surface area contributed by atoms with Crippen LogP contribution >= 0.6 is 0 Å². The van der Waals surface area contributed by atoms with Crippen LogP contribution in [0.5, 0.6) is 0 Å². The Kier molecular flexibility index (Phi) is 10.7. The Bertz CT molecular complexity index is 2610. The minimum Gasteiger partial charge on any atom is -0.293 e. The van der Waals surface area contributed by atoms with Gasteiger partial charge in [0.05, 0.1) is 20.7 Å². The monoisotopic (exact) mass is 794 g/mol. The lowest BCUT2D eigenvalue weighted by atomic mass is 9.84. The van der Waals surface area contributed by atoms with Crippen molar-refractivity contribution in [1.29, 1.82) is 0 Å². The van der Waals surface area contributed by atoms with E-state index in [9.17, 15) is 39.4 Å². The second-order valence-corrected chi connectivity index (χ2v) is 15.5. The van der Waals surface area contributed by atoms with E-state index in [4.69, 9.17) is 0 Å². The number of Topliss-reactive ketones (excluding diaryl/α,β-unsaturated/α-hetero) is 4. The van der Waals surface area contributed by atoms with Crippen LogP contribution in [0.15, 0.2) is 158 Å². The van der Waals surface area contributed by atoms with Crippen LogP contribution in [0.1, 0.15) is 81.8 Å². The molecule has 6 aromatic rings. The fourth-order valence-electron chi connectivity index (χ4n) is 7.85. The van der Waals surface area contributed by atoms with Crippen LogP contribution in [0.2, 0.25) is 0 Å². The van der Waals surface area contributed by atoms with E-state index in [1.807, 2.05) is 88.4 Å². The molecule has 10 heteroatoms. The lowest BCUT2D eigenvalue weighted by molar-refractivity contribution is -0.385. The maximum absolute atomic E-state index is 13.6. The molecule has 8 rings (SSSR count). The van der Waals surface area contributed by atoms with E-state index in [1.54, 1.807) is 48.5 Å². The first-order chi connectivity index (χ1) is 28.6. The molecule has 0 atom stereocenters. The Morgan fingerprint density at radius 1 is 0.417 bits per heavy atom. The summed E-state index contributed by atoms with van der Waals surface area (Å²) in [6.07, 6.45) is 0. The van der Waals surface area contributed by atoms with Crippen molar-refractivity contribution in [3.8, 4) is 0 Å². The molecule has 0 saturated carbocycles. The van der Waals surface area contributed by atoms with Crippen LogP contribution in [0, 0.1) is 20.2 Å². The molecule has 6 aromatic carbocycles. The molecule has 0 spiro atoms. The molecule has 2 aliphatic rings. The number of nitrogens with zero attached hydrogens (tertiary/aromatic N) is 2. The minimum absolute atomic E-state index is 0.0752. The number of carbonyl (C=O) groups is 4. The van der Waals surface area contributed by atoms with E-state index in [1.165, 1.54) is 48.5 Å². The first-order valence-corrected chi connectivity index (χ1v) is 19.1. The van der Waals surface area contributed by atoms with Gasteiger partial charge in [0.2, 0.25) is 0 Å². The van der Waals surface area contributed by atoms with Gasteiger partial charge in [0.1, 0.15) is 0 Å². The molecule has 0 bridgehead atoms. The summed E-state index contributed by atoms with van der Waals surface area (Å²) in [5.74, 6) is -0.858. The molecular weight excluding hydrogens is 757 g/mol. The van der Waals surface area contributed by atoms with Crippen LogP contribution in [0.25, 0.3) is 22.3 Å². The number of nitro groups is 2. The standard InChI is InChI=1S/2C25H19NO4/c2*1-25(2)20-11-7-6-10-19(20)22(24(25)28)21(23(27)17-8-4-3-5-9-17)16-12-14-18(15-13-16)26(29)30/h2*3-15H,1-2H3/b2*22-21-. The fourth-order valence-corrected chi connectivity index (χ4v) is 7.85. The zero-order chi connectivity index (χ0) is 42.9. The molecule has 10 nitrogen and oxygen atoms in total. The number of hydrogen-bond donors (Lipinski definition) is 0. The molecule has 0 radical (unpaired) electrons. The van der Waals surface area contributed by atoms with E-state index >= 15 is 0 Å². The summed E-state index contributed by atoms with van der Waals surface area (Å²) in [6, 6.07) is 43.9. The number of allylic oxidation sites excluding steroid dienone is 4. The van der Waals surface area contributed by atoms with Gasteiger partial charge in [-0.15, -0.1) is 0 Å². The predicted molar refractivity (Wildman–Crippen MR) is 230 cm³/mol. The summed E-state index contributed by atoms with van der Waals surface area (Å²) in [5, 5.41) is 22.1. The number of hydrogen-bond acceptors (Lipinski definition) is 8. The third-order valence-corrected chi connectivity index (χ3v) is 11.1. The lowest BCUT2D eigenvalue weighted by Gasteiger charge is -2.17. The molecule has 0 N–H and O–H groups in total. The van der Waals surface area contributed by atoms with Crippen LogP contribution in [-0.4, -0.2) is 33.0 Å². The number of benzene rings is 6. The Labute approximate surface area is 345 Å². The van der Waals surface area contributed by atoms with Gasteiger partial charge in [0, 0.05) is 57.7 Å². The zero-order valence-electron chi connectivity index (χ0n) is 33.2. The average Bonchev–Trinajstić information content (AvgIpc) is 3.59. The second kappa shape index (κ2) is 15.9. The third-order valence-electron chi connectivity index (χ3n) is 11.1. The highest BCUT2D eigenvalue weighted by Crippen LogP contribution is 2.47. The van der Waals surface area contributed by atoms with Gasteiger partial charge in [-0.05, 0) is 85.3 Å². The molecular formula is C50H38N2O8. The Morgan fingerprint density at radius 2 is 0.717 bits per heavy atom. The number of rotatable bonds is 8. The smallest absolute Gasteiger partial charge is 0.269 e. The van der Waals surface area contributed by atoms with Crippen LogP contribution < -0.4 is 0 Å². The fraction of sp³-hybridized carbons (Fsp3) is 0.120. The molecule has 0 aromatic heterocycles. The molecule has 60 heavy (non-hydrogen) atoms. The highest BCUT2D eigenvalue weighted by atomic mass is 16.6. The predicted octanol–water partition coefficient (Wildman–Crippen LogP) is 10.5. The normalized spacial score (nSPS) is 16.1. The Morgan fingerprint density at radius 3 is 1.03 bits per heavy atom. The Balaban J connectivity index is 0.000000181. The number of non-ortho nitro benzene ring substituents is 2. The van der Waals surface area contributed by atoms with Gasteiger partial charge in [-0.25, -0.2) is 0 Å². The van der Waals surface area contributed by atoms with Gasteiger partial charge in [-0.3, -0.25) is 39.4 Å². The van der Waals surface area contributed by atoms with Crippen molar-refractivity contribution < 1.29 is 29.0 Å². The highest BCUT2D eigenvalue weighted by molar-refractivity contribution is 6.48. The quantitative estimate of drug-likeness (QED) is 0.0638. The largest absolute Gasteiger partial charge is 0.293 e. The second-order valence-electron chi connectivity index (χ2n) is 15.5. The zero-order valence-corrected chi connectivity index (χ0v) is 33.2. The van der Waals surface area contributed by atoms with Gasteiger partial charge in [0.25, 0.3) is 11.4 Å². The summed E-state index contributed by atoms with van der Waals surface area (Å²) in [6.45, 7) is 7.40. The van der Waals surface area contributed by atoms with Crippen molar-refractivity contribution in [2.24, 2.45) is 0 Å². The molecule has 0 fully saturated rings. The Hall–Kier alpha value is -7.72. The van der Waals surface area contributed by atoms with E-state index in [0.717, 1.165) is 22.3 Å². The number of nitro benzene ring substituents is 2. The summed E-state index contributed by atoms with van der Waals surface area (Å²) in [7, 11) is 0. The van der Waals surface area contributed by atoms with Crippen LogP contribution in [0.3, 0.4) is 0 Å². The van der Waals surface area contributed by atoms with Crippen molar-refractivity contribution in [3.05, 3.63) is 222 Å². The number of carbonyl (C=O) groups excluding carboxylic acids is 4. The summed E-state index contributed by atoms with van der Waals surface area (Å²) < 4.78 is 0. The van der Waals surface area contributed by atoms with Gasteiger partial charge in [-0.1, -0.05) is 109 Å².